The summed E-state index contributed by atoms with van der Waals surface area (Å²) in [5, 5.41) is 3.74. The molecule has 3 aromatic rings. The molecule has 6 heteroatoms. The lowest BCUT2D eigenvalue weighted by Gasteiger charge is -2.18. The van der Waals surface area contributed by atoms with Crippen molar-refractivity contribution in [1.82, 2.24) is 9.88 Å². The zero-order chi connectivity index (χ0) is 18.6. The highest BCUT2D eigenvalue weighted by molar-refractivity contribution is 7.89. The van der Waals surface area contributed by atoms with Crippen molar-refractivity contribution in [3.05, 3.63) is 83.2 Å². The fourth-order valence-electron chi connectivity index (χ4n) is 3.07. The van der Waals surface area contributed by atoms with Crippen molar-refractivity contribution < 1.29 is 12.9 Å². The van der Waals surface area contributed by atoms with Crippen LogP contribution in [0.1, 0.15) is 28.5 Å². The van der Waals surface area contributed by atoms with Crippen LogP contribution < -0.4 is 4.72 Å². The highest BCUT2D eigenvalue weighted by Crippen LogP contribution is 2.23. The van der Waals surface area contributed by atoms with Gasteiger partial charge in [0.15, 0.2) is 5.76 Å². The first-order chi connectivity index (χ1) is 12.5. The first-order valence-electron chi connectivity index (χ1n) is 8.49. The molecule has 1 N–H and O–H groups in total. The Hall–Kier alpha value is -2.44. The van der Waals surface area contributed by atoms with Crippen LogP contribution in [-0.4, -0.2) is 20.1 Å². The summed E-state index contributed by atoms with van der Waals surface area (Å²) in [5.74, 6) is 0.322. The third-order valence-corrected chi connectivity index (χ3v) is 6.02. The molecule has 2 aromatic carbocycles. The van der Waals surface area contributed by atoms with Crippen LogP contribution in [0, 0.1) is 13.8 Å². The van der Waals surface area contributed by atoms with Crippen molar-refractivity contribution in [1.29, 1.82) is 0 Å². The molecule has 0 bridgehead atoms. The quantitative estimate of drug-likeness (QED) is 0.690. The molecule has 0 aliphatic heterocycles. The van der Waals surface area contributed by atoms with Gasteiger partial charge in [-0.2, -0.15) is 0 Å². The van der Waals surface area contributed by atoms with E-state index in [9.17, 15) is 8.42 Å². The molecule has 3 rings (SSSR count). The van der Waals surface area contributed by atoms with E-state index < -0.39 is 10.0 Å². The summed E-state index contributed by atoms with van der Waals surface area (Å²) in [6.07, 6.45) is 0.745. The molecular formula is C20H22N2O3S. The maximum Gasteiger partial charge on any atom is 0.245 e. The van der Waals surface area contributed by atoms with E-state index in [1.165, 1.54) is 0 Å². The Balaban J connectivity index is 1.82. The lowest BCUT2D eigenvalue weighted by molar-refractivity contribution is 0.390. The lowest BCUT2D eigenvalue weighted by Crippen LogP contribution is -2.30. The van der Waals surface area contributed by atoms with Gasteiger partial charge in [-0.3, -0.25) is 0 Å². The maximum absolute atomic E-state index is 12.7. The van der Waals surface area contributed by atoms with Crippen LogP contribution in [0.3, 0.4) is 0 Å². The SMILES string of the molecule is Cc1noc(C)c1S(=O)(=O)NCC(Cc1ccccc1)c1ccccc1. The van der Waals surface area contributed by atoms with Gasteiger partial charge in [0.1, 0.15) is 10.6 Å². The molecule has 26 heavy (non-hydrogen) atoms. The van der Waals surface area contributed by atoms with Crippen molar-refractivity contribution in [2.45, 2.75) is 31.1 Å². The summed E-state index contributed by atoms with van der Waals surface area (Å²) in [4.78, 5) is 0.129. The molecule has 0 aliphatic rings. The van der Waals surface area contributed by atoms with Gasteiger partial charge in [-0.25, -0.2) is 13.1 Å². The fraction of sp³-hybridized carbons (Fsp3) is 0.250. The topological polar surface area (TPSA) is 72.2 Å². The van der Waals surface area contributed by atoms with E-state index in [0.29, 0.717) is 18.0 Å². The molecule has 1 aromatic heterocycles. The Morgan fingerprint density at radius 2 is 1.62 bits per heavy atom. The number of hydrogen-bond donors (Lipinski definition) is 1. The van der Waals surface area contributed by atoms with Gasteiger partial charge in [0, 0.05) is 12.5 Å². The highest BCUT2D eigenvalue weighted by Gasteiger charge is 2.25. The van der Waals surface area contributed by atoms with Crippen molar-refractivity contribution in [3.63, 3.8) is 0 Å². The minimum Gasteiger partial charge on any atom is -0.360 e. The minimum atomic E-state index is -3.68. The smallest absolute Gasteiger partial charge is 0.245 e. The molecule has 1 heterocycles. The molecule has 0 spiro atoms. The molecule has 1 atom stereocenters. The van der Waals surface area contributed by atoms with E-state index >= 15 is 0 Å². The summed E-state index contributed by atoms with van der Waals surface area (Å²) in [5.41, 5.74) is 2.63. The van der Waals surface area contributed by atoms with E-state index in [1.807, 2.05) is 48.5 Å². The monoisotopic (exact) mass is 370 g/mol. The van der Waals surface area contributed by atoms with Gasteiger partial charge < -0.3 is 4.52 Å². The summed E-state index contributed by atoms with van der Waals surface area (Å²) in [6.45, 7) is 3.53. The van der Waals surface area contributed by atoms with Crippen LogP contribution in [0.2, 0.25) is 0 Å². The van der Waals surface area contributed by atoms with E-state index in [0.717, 1.165) is 17.5 Å². The van der Waals surface area contributed by atoms with Crippen LogP contribution in [0.15, 0.2) is 70.1 Å². The number of rotatable bonds is 7. The van der Waals surface area contributed by atoms with Crippen molar-refractivity contribution in [3.8, 4) is 0 Å². The molecule has 0 aliphatic carbocycles. The Morgan fingerprint density at radius 1 is 1.00 bits per heavy atom. The Morgan fingerprint density at radius 3 is 2.19 bits per heavy atom. The number of aryl methyl sites for hydroxylation is 2. The number of benzene rings is 2. The normalized spacial score (nSPS) is 12.8. The van der Waals surface area contributed by atoms with Crippen LogP contribution in [0.5, 0.6) is 0 Å². The molecular weight excluding hydrogens is 348 g/mol. The van der Waals surface area contributed by atoms with Gasteiger partial charge in [-0.15, -0.1) is 0 Å². The average molecular weight is 370 g/mol. The van der Waals surface area contributed by atoms with E-state index in [-0.39, 0.29) is 10.8 Å². The van der Waals surface area contributed by atoms with Crippen LogP contribution in [0.4, 0.5) is 0 Å². The molecule has 0 saturated carbocycles. The van der Waals surface area contributed by atoms with Gasteiger partial charge in [0.05, 0.1) is 0 Å². The van der Waals surface area contributed by atoms with Crippen molar-refractivity contribution in [2.75, 3.05) is 6.54 Å². The Labute approximate surface area is 154 Å². The molecule has 1 unspecified atom stereocenters. The molecule has 136 valence electrons. The molecule has 0 saturated heterocycles. The van der Waals surface area contributed by atoms with Crippen LogP contribution in [0.25, 0.3) is 0 Å². The molecule has 0 fully saturated rings. The summed E-state index contributed by atoms with van der Waals surface area (Å²) < 4.78 is 33.2. The van der Waals surface area contributed by atoms with Gasteiger partial charge in [0.2, 0.25) is 10.0 Å². The molecule has 5 nitrogen and oxygen atoms in total. The maximum atomic E-state index is 12.7. The van der Waals surface area contributed by atoms with Crippen LogP contribution in [-0.2, 0) is 16.4 Å². The minimum absolute atomic E-state index is 0.0221. The van der Waals surface area contributed by atoms with E-state index in [1.54, 1.807) is 13.8 Å². The third-order valence-electron chi connectivity index (χ3n) is 4.35. The summed E-state index contributed by atoms with van der Waals surface area (Å²) in [7, 11) is -3.68. The van der Waals surface area contributed by atoms with Crippen LogP contribution >= 0.6 is 0 Å². The number of nitrogens with one attached hydrogen (secondary N) is 1. The van der Waals surface area contributed by atoms with Gasteiger partial charge in [-0.05, 0) is 31.4 Å². The highest BCUT2D eigenvalue weighted by atomic mass is 32.2. The van der Waals surface area contributed by atoms with Gasteiger partial charge >= 0.3 is 0 Å². The summed E-state index contributed by atoms with van der Waals surface area (Å²) in [6, 6.07) is 20.0. The van der Waals surface area contributed by atoms with Crippen molar-refractivity contribution >= 4 is 10.0 Å². The van der Waals surface area contributed by atoms with Crippen molar-refractivity contribution in [2.24, 2.45) is 0 Å². The van der Waals surface area contributed by atoms with Gasteiger partial charge in [0.25, 0.3) is 0 Å². The first kappa shape index (κ1) is 18.4. The number of sulfonamides is 1. The zero-order valence-corrected chi connectivity index (χ0v) is 15.7. The molecule has 0 radical (unpaired) electrons. The summed E-state index contributed by atoms with van der Waals surface area (Å²) >= 11 is 0. The second kappa shape index (κ2) is 7.85. The lowest BCUT2D eigenvalue weighted by atomic mass is 9.92. The third kappa shape index (κ3) is 4.20. The van der Waals surface area contributed by atoms with E-state index in [4.69, 9.17) is 4.52 Å². The standard InChI is InChI=1S/C20H22N2O3S/c1-15-20(16(2)25-22-15)26(23,24)21-14-19(18-11-7-4-8-12-18)13-17-9-5-3-6-10-17/h3-12,19,21H,13-14H2,1-2H3. The zero-order valence-electron chi connectivity index (χ0n) is 14.8. The molecule has 0 amide bonds. The largest absolute Gasteiger partial charge is 0.360 e. The Bertz CT molecular complexity index is 932. The number of aromatic nitrogens is 1. The number of nitrogens with zero attached hydrogens (tertiary/aromatic N) is 1. The second-order valence-electron chi connectivity index (χ2n) is 6.30. The average Bonchev–Trinajstić information content (AvgIpc) is 2.99. The Kier molecular flexibility index (Phi) is 5.54. The van der Waals surface area contributed by atoms with Gasteiger partial charge in [-0.1, -0.05) is 65.8 Å². The fourth-order valence-corrected chi connectivity index (χ4v) is 4.48. The second-order valence-corrected chi connectivity index (χ2v) is 8.01. The number of hydrogen-bond acceptors (Lipinski definition) is 4. The van der Waals surface area contributed by atoms with E-state index in [2.05, 4.69) is 22.0 Å². The predicted octanol–water partition coefficient (Wildman–Crippen LogP) is 3.60. The first-order valence-corrected chi connectivity index (χ1v) is 9.97. The predicted molar refractivity (Wildman–Crippen MR) is 100 cm³/mol.